The van der Waals surface area contributed by atoms with Gasteiger partial charge in [0.25, 0.3) is 0 Å². The van der Waals surface area contributed by atoms with E-state index in [9.17, 15) is 4.79 Å². The van der Waals surface area contributed by atoms with Crippen LogP contribution in [0.3, 0.4) is 0 Å². The first-order valence-corrected chi connectivity index (χ1v) is 6.30. The number of halogens is 1. The Morgan fingerprint density at radius 3 is 2.59 bits per heavy atom. The number of carbonyl (C=O) groups is 1. The van der Waals surface area contributed by atoms with Gasteiger partial charge in [-0.25, -0.2) is 4.79 Å². The van der Waals surface area contributed by atoms with Gasteiger partial charge in [-0.1, -0.05) is 6.42 Å². The molecule has 0 saturated carbocycles. The molecular weight excluding hydrogens is 240 g/mol. The van der Waals surface area contributed by atoms with Gasteiger partial charge >= 0.3 is 6.09 Å². The second-order valence-corrected chi connectivity index (χ2v) is 5.06. The zero-order valence-electron chi connectivity index (χ0n) is 10.7. The molecule has 5 heteroatoms. The number of fused-ring (bicyclic) bond motifs is 1. The summed E-state index contributed by atoms with van der Waals surface area (Å²) in [5, 5.41) is 0. The highest BCUT2D eigenvalue weighted by Gasteiger charge is 2.35. The molecule has 0 aromatic heterocycles. The molecule has 2 aliphatic rings. The van der Waals surface area contributed by atoms with Gasteiger partial charge < -0.3 is 9.64 Å². The Bertz CT molecular complexity index is 259. The van der Waals surface area contributed by atoms with Gasteiger partial charge in [0.2, 0.25) is 0 Å². The number of amides is 1. The molecule has 2 aliphatic heterocycles. The maximum atomic E-state index is 11.6. The fourth-order valence-electron chi connectivity index (χ4n) is 2.78. The molecule has 0 bridgehead atoms. The summed E-state index contributed by atoms with van der Waals surface area (Å²) in [6.45, 7) is 2.36. The molecule has 2 saturated heterocycles. The summed E-state index contributed by atoms with van der Waals surface area (Å²) >= 11 is 0. The minimum absolute atomic E-state index is 0. The van der Waals surface area contributed by atoms with E-state index < -0.39 is 0 Å². The van der Waals surface area contributed by atoms with E-state index in [4.69, 9.17) is 4.74 Å². The van der Waals surface area contributed by atoms with Crippen LogP contribution in [-0.4, -0.2) is 55.2 Å². The lowest BCUT2D eigenvalue weighted by molar-refractivity contribution is -0.0275. The maximum Gasteiger partial charge on any atom is 0.409 e. The summed E-state index contributed by atoms with van der Waals surface area (Å²) < 4.78 is 5.57. The van der Waals surface area contributed by atoms with E-state index in [1.807, 2.05) is 0 Å². The minimum atomic E-state index is -0.197. The first-order chi connectivity index (χ1) is 7.68. The summed E-state index contributed by atoms with van der Waals surface area (Å²) in [4.78, 5) is 15.6. The Hall–Kier alpha value is -0.480. The van der Waals surface area contributed by atoms with E-state index in [1.54, 1.807) is 14.1 Å². The van der Waals surface area contributed by atoms with Gasteiger partial charge in [-0.3, -0.25) is 4.90 Å². The van der Waals surface area contributed by atoms with Gasteiger partial charge in [0.1, 0.15) is 6.10 Å². The Labute approximate surface area is 110 Å². The van der Waals surface area contributed by atoms with Gasteiger partial charge in [0.05, 0.1) is 0 Å². The van der Waals surface area contributed by atoms with Crippen molar-refractivity contribution in [2.24, 2.45) is 0 Å². The summed E-state index contributed by atoms with van der Waals surface area (Å²) in [6.07, 6.45) is 5.86. The van der Waals surface area contributed by atoms with Crippen molar-refractivity contribution in [1.29, 1.82) is 0 Å². The van der Waals surface area contributed by atoms with E-state index in [0.29, 0.717) is 6.04 Å². The van der Waals surface area contributed by atoms with E-state index in [0.717, 1.165) is 12.8 Å². The van der Waals surface area contributed by atoms with Crippen LogP contribution in [0.15, 0.2) is 0 Å². The third-order valence-corrected chi connectivity index (χ3v) is 3.64. The predicted molar refractivity (Wildman–Crippen MR) is 69.7 cm³/mol. The average molecular weight is 263 g/mol. The Balaban J connectivity index is 0.00000144. The quantitative estimate of drug-likeness (QED) is 0.726. The third-order valence-electron chi connectivity index (χ3n) is 3.64. The number of piperidine rings is 2. The van der Waals surface area contributed by atoms with Crippen molar-refractivity contribution >= 4 is 18.5 Å². The monoisotopic (exact) mass is 262 g/mol. The predicted octanol–water partition coefficient (Wildman–Crippen LogP) is 2.12. The standard InChI is InChI=1S/C12H22N2O2.ClH/c1-13(2)12(15)16-11-7-5-9-14-8-4-3-6-10(11)14;/h10-11H,3-9H2,1-2H3;1H. The summed E-state index contributed by atoms with van der Waals surface area (Å²) in [5.74, 6) is 0. The number of nitrogens with zero attached hydrogens (tertiary/aromatic N) is 2. The first kappa shape index (κ1) is 14.6. The summed E-state index contributed by atoms with van der Waals surface area (Å²) in [7, 11) is 3.48. The number of ether oxygens (including phenoxy) is 1. The molecule has 4 nitrogen and oxygen atoms in total. The van der Waals surface area contributed by atoms with Crippen LogP contribution in [-0.2, 0) is 4.74 Å². The largest absolute Gasteiger partial charge is 0.444 e. The van der Waals surface area contributed by atoms with E-state index >= 15 is 0 Å². The van der Waals surface area contributed by atoms with Crippen molar-refractivity contribution in [3.8, 4) is 0 Å². The zero-order chi connectivity index (χ0) is 11.5. The molecule has 0 radical (unpaired) electrons. The SMILES string of the molecule is CN(C)C(=O)OC1CCCN2CCCCC12.Cl. The number of hydrogen-bond acceptors (Lipinski definition) is 3. The normalized spacial score (nSPS) is 28.8. The topological polar surface area (TPSA) is 32.8 Å². The number of carbonyl (C=O) groups excluding carboxylic acids is 1. The molecule has 2 atom stereocenters. The van der Waals surface area contributed by atoms with Crippen LogP contribution in [0.25, 0.3) is 0 Å². The fraction of sp³-hybridized carbons (Fsp3) is 0.917. The molecule has 0 aromatic carbocycles. The molecule has 2 fully saturated rings. The molecule has 0 aliphatic carbocycles. The van der Waals surface area contributed by atoms with Crippen molar-refractivity contribution in [1.82, 2.24) is 9.80 Å². The lowest BCUT2D eigenvalue weighted by Crippen LogP contribution is -2.52. The van der Waals surface area contributed by atoms with Crippen LogP contribution in [0, 0.1) is 0 Å². The van der Waals surface area contributed by atoms with Crippen LogP contribution in [0.2, 0.25) is 0 Å². The smallest absolute Gasteiger partial charge is 0.409 e. The molecule has 17 heavy (non-hydrogen) atoms. The summed E-state index contributed by atoms with van der Waals surface area (Å²) in [6, 6.07) is 0.478. The van der Waals surface area contributed by atoms with Crippen LogP contribution >= 0.6 is 12.4 Å². The van der Waals surface area contributed by atoms with Gasteiger partial charge in [0, 0.05) is 20.1 Å². The zero-order valence-corrected chi connectivity index (χ0v) is 11.5. The van der Waals surface area contributed by atoms with Gasteiger partial charge in [0.15, 0.2) is 0 Å². The number of hydrogen-bond donors (Lipinski definition) is 0. The van der Waals surface area contributed by atoms with Gasteiger partial charge in [-0.05, 0) is 38.8 Å². The highest BCUT2D eigenvalue weighted by atomic mass is 35.5. The van der Waals surface area contributed by atoms with Crippen molar-refractivity contribution in [2.75, 3.05) is 27.2 Å². The molecule has 100 valence electrons. The lowest BCUT2D eigenvalue weighted by Gasteiger charge is -2.43. The maximum absolute atomic E-state index is 11.6. The van der Waals surface area contributed by atoms with Gasteiger partial charge in [-0.15, -0.1) is 12.4 Å². The fourth-order valence-corrected chi connectivity index (χ4v) is 2.78. The van der Waals surface area contributed by atoms with Crippen molar-refractivity contribution < 1.29 is 9.53 Å². The van der Waals surface area contributed by atoms with Crippen LogP contribution in [0.4, 0.5) is 4.79 Å². The summed E-state index contributed by atoms with van der Waals surface area (Å²) in [5.41, 5.74) is 0. The average Bonchev–Trinajstić information content (AvgIpc) is 2.29. The van der Waals surface area contributed by atoms with E-state index in [2.05, 4.69) is 4.90 Å². The molecule has 0 spiro atoms. The molecule has 0 aromatic rings. The lowest BCUT2D eigenvalue weighted by atomic mass is 9.91. The highest BCUT2D eigenvalue weighted by molar-refractivity contribution is 5.85. The molecule has 2 rings (SSSR count). The third kappa shape index (κ3) is 3.49. The molecule has 1 amide bonds. The number of rotatable bonds is 1. The van der Waals surface area contributed by atoms with E-state index in [1.165, 1.54) is 37.3 Å². The first-order valence-electron chi connectivity index (χ1n) is 6.30. The molecular formula is C12H23ClN2O2. The van der Waals surface area contributed by atoms with Crippen molar-refractivity contribution in [3.05, 3.63) is 0 Å². The molecule has 0 N–H and O–H groups in total. The van der Waals surface area contributed by atoms with Crippen molar-refractivity contribution in [3.63, 3.8) is 0 Å². The second kappa shape index (κ2) is 6.45. The van der Waals surface area contributed by atoms with Crippen LogP contribution < -0.4 is 0 Å². The van der Waals surface area contributed by atoms with Gasteiger partial charge in [-0.2, -0.15) is 0 Å². The van der Waals surface area contributed by atoms with Crippen LogP contribution in [0.1, 0.15) is 32.1 Å². The highest BCUT2D eigenvalue weighted by Crippen LogP contribution is 2.28. The Morgan fingerprint density at radius 2 is 1.88 bits per heavy atom. The van der Waals surface area contributed by atoms with Crippen LogP contribution in [0.5, 0.6) is 0 Å². The second-order valence-electron chi connectivity index (χ2n) is 5.06. The Kier molecular flexibility index (Phi) is 5.53. The minimum Gasteiger partial charge on any atom is -0.444 e. The van der Waals surface area contributed by atoms with E-state index in [-0.39, 0.29) is 24.6 Å². The van der Waals surface area contributed by atoms with Crippen molar-refractivity contribution in [2.45, 2.75) is 44.2 Å². The molecule has 2 heterocycles. The Morgan fingerprint density at radius 1 is 1.18 bits per heavy atom. The molecule has 2 unspecified atom stereocenters.